The molecule has 0 spiro atoms. The van der Waals surface area contributed by atoms with Gasteiger partial charge in [-0.25, -0.2) is 4.79 Å². The maximum Gasteiger partial charge on any atom is 0.332 e. The average molecular weight is 287 g/mol. The summed E-state index contributed by atoms with van der Waals surface area (Å²) in [6.07, 6.45) is 5.93. The second-order valence-electron chi connectivity index (χ2n) is 5.25. The van der Waals surface area contributed by atoms with Gasteiger partial charge in [0.15, 0.2) is 6.10 Å². The largest absolute Gasteiger partial charge is 0.479 e. The van der Waals surface area contributed by atoms with E-state index in [4.69, 9.17) is 9.84 Å². The Morgan fingerprint density at radius 2 is 1.74 bits per heavy atom. The Kier molecular flexibility index (Phi) is 5.10. The SMILES string of the molecule is CSC1CCC(NC(=O)[C@@H]2CC[C@H](C(=O)O)O2)CC1. The third-order valence-corrected chi connectivity index (χ3v) is 5.08. The van der Waals surface area contributed by atoms with Crippen LogP contribution in [-0.2, 0) is 14.3 Å². The summed E-state index contributed by atoms with van der Waals surface area (Å²) in [4.78, 5) is 22.8. The van der Waals surface area contributed by atoms with Gasteiger partial charge in [0, 0.05) is 11.3 Å². The van der Waals surface area contributed by atoms with E-state index in [2.05, 4.69) is 11.6 Å². The van der Waals surface area contributed by atoms with E-state index in [9.17, 15) is 9.59 Å². The molecule has 108 valence electrons. The van der Waals surface area contributed by atoms with Gasteiger partial charge in [0.25, 0.3) is 0 Å². The molecule has 2 rings (SSSR count). The fraction of sp³-hybridized carbons (Fsp3) is 0.846. The monoisotopic (exact) mass is 287 g/mol. The van der Waals surface area contributed by atoms with E-state index < -0.39 is 18.2 Å². The summed E-state index contributed by atoms with van der Waals surface area (Å²) >= 11 is 1.89. The molecule has 19 heavy (non-hydrogen) atoms. The van der Waals surface area contributed by atoms with Crippen molar-refractivity contribution < 1.29 is 19.4 Å². The fourth-order valence-electron chi connectivity index (χ4n) is 2.75. The van der Waals surface area contributed by atoms with Gasteiger partial charge in [0.05, 0.1) is 0 Å². The van der Waals surface area contributed by atoms with Crippen LogP contribution in [0.3, 0.4) is 0 Å². The van der Waals surface area contributed by atoms with Crippen LogP contribution in [0.1, 0.15) is 38.5 Å². The van der Waals surface area contributed by atoms with Gasteiger partial charge in [-0.05, 0) is 44.8 Å². The number of ether oxygens (including phenoxy) is 1. The Labute approximate surface area is 117 Å². The van der Waals surface area contributed by atoms with Gasteiger partial charge in [-0.3, -0.25) is 4.79 Å². The number of rotatable bonds is 4. The minimum atomic E-state index is -0.976. The molecule has 2 fully saturated rings. The van der Waals surface area contributed by atoms with E-state index in [1.54, 1.807) is 0 Å². The third kappa shape index (κ3) is 3.86. The average Bonchev–Trinajstić information content (AvgIpc) is 2.89. The number of carbonyl (C=O) groups is 2. The Morgan fingerprint density at radius 1 is 1.11 bits per heavy atom. The standard InChI is InChI=1S/C13H21NO4S/c1-19-9-4-2-8(3-5-9)14-12(15)10-6-7-11(18-10)13(16)17/h8-11H,2-7H2,1H3,(H,14,15)(H,16,17)/t8?,9?,10-,11+/m0/s1. The van der Waals surface area contributed by atoms with E-state index in [-0.39, 0.29) is 11.9 Å². The Balaban J connectivity index is 1.75. The first-order chi connectivity index (χ1) is 9.10. The molecule has 0 aromatic rings. The van der Waals surface area contributed by atoms with Gasteiger partial charge in [0.2, 0.25) is 5.91 Å². The number of aliphatic carboxylic acids is 1. The summed E-state index contributed by atoms with van der Waals surface area (Å²) in [5, 5.41) is 12.5. The first-order valence-electron chi connectivity index (χ1n) is 6.81. The lowest BCUT2D eigenvalue weighted by molar-refractivity contribution is -0.151. The zero-order valence-electron chi connectivity index (χ0n) is 11.1. The van der Waals surface area contributed by atoms with Crippen molar-refractivity contribution in [2.45, 2.75) is 62.0 Å². The molecule has 1 saturated carbocycles. The molecule has 0 radical (unpaired) electrons. The molecule has 2 atom stereocenters. The Morgan fingerprint density at radius 3 is 2.26 bits per heavy atom. The summed E-state index contributed by atoms with van der Waals surface area (Å²) in [7, 11) is 0. The lowest BCUT2D eigenvalue weighted by Crippen LogP contribution is -2.43. The van der Waals surface area contributed by atoms with Crippen LogP contribution < -0.4 is 5.32 Å². The quantitative estimate of drug-likeness (QED) is 0.817. The first-order valence-corrected chi connectivity index (χ1v) is 8.10. The molecule has 2 aliphatic rings. The van der Waals surface area contributed by atoms with Crippen molar-refractivity contribution in [2.75, 3.05) is 6.26 Å². The Bertz CT molecular complexity index is 342. The number of nitrogens with one attached hydrogen (secondary N) is 1. The zero-order chi connectivity index (χ0) is 13.8. The molecule has 6 heteroatoms. The summed E-state index contributed by atoms with van der Waals surface area (Å²) in [6.45, 7) is 0. The van der Waals surface area contributed by atoms with Crippen LogP contribution in [0.2, 0.25) is 0 Å². The zero-order valence-corrected chi connectivity index (χ0v) is 11.9. The number of thioether (sulfide) groups is 1. The highest BCUT2D eigenvalue weighted by molar-refractivity contribution is 7.99. The van der Waals surface area contributed by atoms with Gasteiger partial charge < -0.3 is 15.2 Å². The molecule has 1 heterocycles. The van der Waals surface area contributed by atoms with E-state index in [0.717, 1.165) is 25.7 Å². The first kappa shape index (κ1) is 14.7. The molecule has 1 amide bonds. The molecular weight excluding hydrogens is 266 g/mol. The molecule has 2 N–H and O–H groups in total. The molecule has 0 aromatic carbocycles. The summed E-state index contributed by atoms with van der Waals surface area (Å²) in [5.41, 5.74) is 0. The van der Waals surface area contributed by atoms with Crippen molar-refractivity contribution in [2.24, 2.45) is 0 Å². The van der Waals surface area contributed by atoms with Crippen LogP contribution in [0, 0.1) is 0 Å². The molecule has 1 aliphatic carbocycles. The molecule has 0 unspecified atom stereocenters. The molecule has 1 saturated heterocycles. The summed E-state index contributed by atoms with van der Waals surface area (Å²) in [6, 6.07) is 0.225. The van der Waals surface area contributed by atoms with E-state index in [0.29, 0.717) is 18.1 Å². The molecular formula is C13H21NO4S. The van der Waals surface area contributed by atoms with Crippen molar-refractivity contribution in [3.05, 3.63) is 0 Å². The predicted molar refractivity (Wildman–Crippen MR) is 73.2 cm³/mol. The van der Waals surface area contributed by atoms with Crippen LogP contribution in [0.25, 0.3) is 0 Å². The predicted octanol–water partition coefficient (Wildman–Crippen LogP) is 1.41. The number of amides is 1. The van der Waals surface area contributed by atoms with Crippen molar-refractivity contribution >= 4 is 23.6 Å². The van der Waals surface area contributed by atoms with Gasteiger partial charge in [-0.15, -0.1) is 0 Å². The molecule has 5 nitrogen and oxygen atoms in total. The van der Waals surface area contributed by atoms with Crippen molar-refractivity contribution in [1.29, 1.82) is 0 Å². The van der Waals surface area contributed by atoms with Gasteiger partial charge >= 0.3 is 5.97 Å². The highest BCUT2D eigenvalue weighted by Crippen LogP contribution is 2.27. The summed E-state index contributed by atoms with van der Waals surface area (Å²) < 4.78 is 5.25. The summed E-state index contributed by atoms with van der Waals surface area (Å²) in [5.74, 6) is -1.12. The minimum Gasteiger partial charge on any atom is -0.479 e. The molecule has 0 bridgehead atoms. The van der Waals surface area contributed by atoms with Gasteiger partial charge in [0.1, 0.15) is 6.10 Å². The maximum absolute atomic E-state index is 12.0. The third-order valence-electron chi connectivity index (χ3n) is 3.94. The fourth-order valence-corrected chi connectivity index (χ4v) is 3.49. The number of carboxylic acids is 1. The number of hydrogen-bond acceptors (Lipinski definition) is 4. The highest BCUT2D eigenvalue weighted by Gasteiger charge is 2.35. The lowest BCUT2D eigenvalue weighted by Gasteiger charge is -2.28. The number of carbonyl (C=O) groups excluding carboxylic acids is 1. The van der Waals surface area contributed by atoms with Gasteiger partial charge in [-0.1, -0.05) is 0 Å². The second-order valence-corrected chi connectivity index (χ2v) is 6.38. The van der Waals surface area contributed by atoms with E-state index in [1.807, 2.05) is 11.8 Å². The van der Waals surface area contributed by atoms with Crippen LogP contribution in [-0.4, -0.2) is 46.7 Å². The van der Waals surface area contributed by atoms with E-state index >= 15 is 0 Å². The number of hydrogen-bond donors (Lipinski definition) is 2. The smallest absolute Gasteiger partial charge is 0.332 e. The van der Waals surface area contributed by atoms with Crippen molar-refractivity contribution in [1.82, 2.24) is 5.32 Å². The highest BCUT2D eigenvalue weighted by atomic mass is 32.2. The van der Waals surface area contributed by atoms with E-state index in [1.165, 1.54) is 0 Å². The van der Waals surface area contributed by atoms with Crippen LogP contribution >= 0.6 is 11.8 Å². The topological polar surface area (TPSA) is 75.6 Å². The Hall–Kier alpha value is -0.750. The maximum atomic E-state index is 12.0. The van der Waals surface area contributed by atoms with Crippen molar-refractivity contribution in [3.8, 4) is 0 Å². The van der Waals surface area contributed by atoms with Crippen LogP contribution in [0.4, 0.5) is 0 Å². The van der Waals surface area contributed by atoms with Crippen LogP contribution in [0.5, 0.6) is 0 Å². The molecule has 1 aliphatic heterocycles. The normalized spacial score (nSPS) is 35.0. The molecule has 0 aromatic heterocycles. The lowest BCUT2D eigenvalue weighted by atomic mass is 9.95. The van der Waals surface area contributed by atoms with Crippen LogP contribution in [0.15, 0.2) is 0 Å². The minimum absolute atomic E-state index is 0.142. The van der Waals surface area contributed by atoms with Crippen molar-refractivity contribution in [3.63, 3.8) is 0 Å². The second kappa shape index (κ2) is 6.61. The van der Waals surface area contributed by atoms with Gasteiger partial charge in [-0.2, -0.15) is 11.8 Å². The number of carboxylic acid groups (broad SMARTS) is 1.